The lowest BCUT2D eigenvalue weighted by Crippen LogP contribution is -2.34. The van der Waals surface area contributed by atoms with Gasteiger partial charge in [0.15, 0.2) is 0 Å². The zero-order chi connectivity index (χ0) is 11.5. The van der Waals surface area contributed by atoms with Crippen LogP contribution in [0.3, 0.4) is 0 Å². The van der Waals surface area contributed by atoms with E-state index in [1.807, 2.05) is 7.05 Å². The van der Waals surface area contributed by atoms with E-state index in [0.29, 0.717) is 11.5 Å². The van der Waals surface area contributed by atoms with Crippen molar-refractivity contribution in [3.8, 4) is 5.75 Å². The highest BCUT2D eigenvalue weighted by Crippen LogP contribution is 2.27. The third-order valence-electron chi connectivity index (χ3n) is 3.22. The molecule has 1 aromatic carbocycles. The van der Waals surface area contributed by atoms with E-state index in [0.717, 1.165) is 6.54 Å². The minimum atomic E-state index is 0.0342. The number of phenolic OH excluding ortho intramolecular Hbond substituents is 1. The maximum Gasteiger partial charge on any atom is 0.253 e. The second-order valence-corrected chi connectivity index (χ2v) is 4.53. The molecule has 0 unspecified atom stereocenters. The first-order valence-electron chi connectivity index (χ1n) is 5.71. The van der Waals surface area contributed by atoms with Gasteiger partial charge in [0.1, 0.15) is 5.75 Å². The van der Waals surface area contributed by atoms with E-state index in [1.54, 1.807) is 29.2 Å². The monoisotopic (exact) mass is 219 g/mol. The molecule has 1 aliphatic rings. The number of aromatic hydroxyl groups is 1. The Morgan fingerprint density at radius 3 is 2.50 bits per heavy atom. The average Bonchev–Trinajstić information content (AvgIpc) is 2.23. The van der Waals surface area contributed by atoms with Gasteiger partial charge in [0, 0.05) is 19.2 Å². The third kappa shape index (κ3) is 2.35. The van der Waals surface area contributed by atoms with Crippen LogP contribution >= 0.6 is 0 Å². The molecule has 1 fully saturated rings. The molecule has 3 nitrogen and oxygen atoms in total. The smallest absolute Gasteiger partial charge is 0.253 e. The van der Waals surface area contributed by atoms with Crippen molar-refractivity contribution in [2.75, 3.05) is 13.6 Å². The Morgan fingerprint density at radius 1 is 1.38 bits per heavy atom. The van der Waals surface area contributed by atoms with Gasteiger partial charge in [-0.15, -0.1) is 0 Å². The molecular formula is C13H17NO2. The van der Waals surface area contributed by atoms with Gasteiger partial charge in [-0.2, -0.15) is 0 Å². The van der Waals surface area contributed by atoms with E-state index in [2.05, 4.69) is 0 Å². The molecule has 1 saturated carbocycles. The van der Waals surface area contributed by atoms with Gasteiger partial charge in [-0.25, -0.2) is 0 Å². The predicted molar refractivity (Wildman–Crippen MR) is 62.4 cm³/mol. The normalized spacial score (nSPS) is 15.6. The maximum absolute atomic E-state index is 12.0. The van der Waals surface area contributed by atoms with E-state index < -0.39 is 0 Å². The summed E-state index contributed by atoms with van der Waals surface area (Å²) in [4.78, 5) is 13.7. The van der Waals surface area contributed by atoms with E-state index in [4.69, 9.17) is 5.11 Å². The first kappa shape index (κ1) is 11.0. The Hall–Kier alpha value is -1.51. The molecule has 1 aliphatic carbocycles. The summed E-state index contributed by atoms with van der Waals surface area (Å²) in [7, 11) is 1.84. The minimum Gasteiger partial charge on any atom is -0.508 e. The van der Waals surface area contributed by atoms with Gasteiger partial charge in [-0.05, 0) is 43.0 Å². The Kier molecular flexibility index (Phi) is 3.13. The average molecular weight is 219 g/mol. The first-order valence-corrected chi connectivity index (χ1v) is 5.71. The molecule has 0 aliphatic heterocycles. The Morgan fingerprint density at radius 2 is 2.00 bits per heavy atom. The molecule has 1 aromatic rings. The van der Waals surface area contributed by atoms with Crippen LogP contribution in [0.1, 0.15) is 29.6 Å². The molecule has 86 valence electrons. The fourth-order valence-corrected chi connectivity index (χ4v) is 1.97. The van der Waals surface area contributed by atoms with Gasteiger partial charge in [-0.3, -0.25) is 4.79 Å². The lowest BCUT2D eigenvalue weighted by molar-refractivity contribution is 0.0745. The highest BCUT2D eigenvalue weighted by molar-refractivity contribution is 5.94. The zero-order valence-corrected chi connectivity index (χ0v) is 9.52. The van der Waals surface area contributed by atoms with Crippen molar-refractivity contribution in [1.82, 2.24) is 4.90 Å². The van der Waals surface area contributed by atoms with Crippen LogP contribution < -0.4 is 0 Å². The molecule has 1 amide bonds. The number of hydrogen-bond acceptors (Lipinski definition) is 2. The van der Waals surface area contributed by atoms with Crippen molar-refractivity contribution in [2.24, 2.45) is 5.92 Å². The van der Waals surface area contributed by atoms with Crippen LogP contribution in [-0.4, -0.2) is 29.5 Å². The molecule has 0 atom stereocenters. The number of rotatable bonds is 3. The summed E-state index contributed by atoms with van der Waals surface area (Å²) < 4.78 is 0. The molecule has 0 radical (unpaired) electrons. The Balaban J connectivity index is 1.97. The third-order valence-corrected chi connectivity index (χ3v) is 3.22. The van der Waals surface area contributed by atoms with Gasteiger partial charge in [0.05, 0.1) is 0 Å². The fraction of sp³-hybridized carbons (Fsp3) is 0.462. The van der Waals surface area contributed by atoms with Crippen LogP contribution in [0, 0.1) is 5.92 Å². The molecule has 0 bridgehead atoms. The summed E-state index contributed by atoms with van der Waals surface area (Å²) in [6, 6.07) is 6.42. The van der Waals surface area contributed by atoms with Crippen LogP contribution in [0.25, 0.3) is 0 Å². The number of hydrogen-bond donors (Lipinski definition) is 1. The number of benzene rings is 1. The summed E-state index contributed by atoms with van der Waals surface area (Å²) in [6.45, 7) is 0.847. The fourth-order valence-electron chi connectivity index (χ4n) is 1.97. The van der Waals surface area contributed by atoms with Crippen LogP contribution in [-0.2, 0) is 0 Å². The number of carbonyl (C=O) groups excluding carboxylic acids is 1. The summed E-state index contributed by atoms with van der Waals surface area (Å²) >= 11 is 0. The molecule has 0 heterocycles. The van der Waals surface area contributed by atoms with Crippen molar-refractivity contribution in [3.63, 3.8) is 0 Å². The molecule has 3 heteroatoms. The molecular weight excluding hydrogens is 202 g/mol. The quantitative estimate of drug-likeness (QED) is 0.847. The Bertz CT molecular complexity index is 368. The number of phenols is 1. The molecule has 16 heavy (non-hydrogen) atoms. The van der Waals surface area contributed by atoms with E-state index >= 15 is 0 Å². The van der Waals surface area contributed by atoms with Crippen molar-refractivity contribution in [2.45, 2.75) is 19.3 Å². The standard InChI is InChI=1S/C13H17NO2/c1-14(9-10-3-2-4-10)13(16)11-5-7-12(15)8-6-11/h5-8,10,15H,2-4,9H2,1H3. The predicted octanol–water partition coefficient (Wildman–Crippen LogP) is 2.26. The molecule has 0 aromatic heterocycles. The van der Waals surface area contributed by atoms with Gasteiger partial charge >= 0.3 is 0 Å². The molecule has 0 saturated heterocycles. The summed E-state index contributed by atoms with van der Waals surface area (Å²) in [5, 5.41) is 9.14. The maximum atomic E-state index is 12.0. The summed E-state index contributed by atoms with van der Waals surface area (Å²) in [5.41, 5.74) is 0.639. The van der Waals surface area contributed by atoms with Crippen molar-refractivity contribution >= 4 is 5.91 Å². The Labute approximate surface area is 95.7 Å². The van der Waals surface area contributed by atoms with Crippen LogP contribution in [0.4, 0.5) is 0 Å². The van der Waals surface area contributed by atoms with Crippen LogP contribution in [0.2, 0.25) is 0 Å². The van der Waals surface area contributed by atoms with Gasteiger partial charge < -0.3 is 10.0 Å². The summed E-state index contributed by atoms with van der Waals surface area (Å²) in [6.07, 6.45) is 3.78. The van der Waals surface area contributed by atoms with Gasteiger partial charge in [0.2, 0.25) is 0 Å². The van der Waals surface area contributed by atoms with Gasteiger partial charge in [0.25, 0.3) is 5.91 Å². The first-order chi connectivity index (χ1) is 7.66. The summed E-state index contributed by atoms with van der Waals surface area (Å²) in [5.74, 6) is 0.913. The lowest BCUT2D eigenvalue weighted by atomic mass is 9.85. The van der Waals surface area contributed by atoms with E-state index in [-0.39, 0.29) is 11.7 Å². The molecule has 1 N–H and O–H groups in total. The van der Waals surface area contributed by atoms with Gasteiger partial charge in [-0.1, -0.05) is 6.42 Å². The second-order valence-electron chi connectivity index (χ2n) is 4.53. The number of amides is 1. The van der Waals surface area contributed by atoms with E-state index in [1.165, 1.54) is 19.3 Å². The van der Waals surface area contributed by atoms with Crippen molar-refractivity contribution < 1.29 is 9.90 Å². The largest absolute Gasteiger partial charge is 0.508 e. The lowest BCUT2D eigenvalue weighted by Gasteiger charge is -2.30. The highest BCUT2D eigenvalue weighted by atomic mass is 16.3. The molecule has 2 rings (SSSR count). The van der Waals surface area contributed by atoms with Crippen molar-refractivity contribution in [1.29, 1.82) is 0 Å². The molecule has 0 spiro atoms. The van der Waals surface area contributed by atoms with Crippen LogP contribution in [0.5, 0.6) is 5.75 Å². The topological polar surface area (TPSA) is 40.5 Å². The second kappa shape index (κ2) is 4.56. The van der Waals surface area contributed by atoms with E-state index in [9.17, 15) is 4.79 Å². The number of nitrogens with zero attached hydrogens (tertiary/aromatic N) is 1. The van der Waals surface area contributed by atoms with Crippen LogP contribution in [0.15, 0.2) is 24.3 Å². The minimum absolute atomic E-state index is 0.0342. The SMILES string of the molecule is CN(CC1CCC1)C(=O)c1ccc(O)cc1. The highest BCUT2D eigenvalue weighted by Gasteiger charge is 2.21. The number of carbonyl (C=O) groups is 1. The van der Waals surface area contributed by atoms with Crippen molar-refractivity contribution in [3.05, 3.63) is 29.8 Å². The zero-order valence-electron chi connectivity index (χ0n) is 9.52.